The molecule has 1 aliphatic heterocycles. The summed E-state index contributed by atoms with van der Waals surface area (Å²) in [5, 5.41) is 10.2. The lowest BCUT2D eigenvalue weighted by molar-refractivity contribution is 0.0678. The van der Waals surface area contributed by atoms with Gasteiger partial charge in [-0.25, -0.2) is 0 Å². The summed E-state index contributed by atoms with van der Waals surface area (Å²) in [7, 11) is 0. The number of benzene rings is 1. The van der Waals surface area contributed by atoms with Crippen molar-refractivity contribution >= 4 is 17.5 Å². The molecule has 1 aliphatic rings. The van der Waals surface area contributed by atoms with Crippen molar-refractivity contribution in [1.82, 2.24) is 4.90 Å². The first-order valence-corrected chi connectivity index (χ1v) is 6.90. The lowest BCUT2D eigenvalue weighted by Crippen LogP contribution is -2.42. The molecule has 2 rings (SSSR count). The number of amides is 1. The highest BCUT2D eigenvalue weighted by molar-refractivity contribution is 6.30. The summed E-state index contributed by atoms with van der Waals surface area (Å²) in [6.07, 6.45) is 1.83. The van der Waals surface area contributed by atoms with E-state index in [2.05, 4.69) is 0 Å². The van der Waals surface area contributed by atoms with Gasteiger partial charge in [-0.05, 0) is 43.9 Å². The SMILES string of the molecule is CC(N)C1CCN(C(=O)c2ccc(Cl)cc2O)CC1. The van der Waals surface area contributed by atoms with Gasteiger partial charge in [0, 0.05) is 24.2 Å². The van der Waals surface area contributed by atoms with Gasteiger partial charge in [0.25, 0.3) is 5.91 Å². The fourth-order valence-corrected chi connectivity index (χ4v) is 2.65. The fraction of sp³-hybridized carbons (Fsp3) is 0.500. The molecule has 5 heteroatoms. The van der Waals surface area contributed by atoms with Crippen LogP contribution in [-0.4, -0.2) is 35.0 Å². The summed E-state index contributed by atoms with van der Waals surface area (Å²) in [4.78, 5) is 14.1. The van der Waals surface area contributed by atoms with Crippen LogP contribution in [0.5, 0.6) is 5.75 Å². The van der Waals surface area contributed by atoms with E-state index in [1.807, 2.05) is 6.92 Å². The molecule has 0 saturated carbocycles. The van der Waals surface area contributed by atoms with E-state index in [4.69, 9.17) is 17.3 Å². The highest BCUT2D eigenvalue weighted by atomic mass is 35.5. The smallest absolute Gasteiger partial charge is 0.257 e. The highest BCUT2D eigenvalue weighted by Gasteiger charge is 2.26. The summed E-state index contributed by atoms with van der Waals surface area (Å²) >= 11 is 5.76. The van der Waals surface area contributed by atoms with E-state index in [0.717, 1.165) is 12.8 Å². The zero-order valence-electron chi connectivity index (χ0n) is 11.0. The van der Waals surface area contributed by atoms with Crippen LogP contribution in [0.3, 0.4) is 0 Å². The number of likely N-dealkylation sites (tertiary alicyclic amines) is 1. The molecular formula is C14H19ClN2O2. The maximum absolute atomic E-state index is 12.3. The Kier molecular flexibility index (Phi) is 4.32. The van der Waals surface area contributed by atoms with Crippen LogP contribution in [0.25, 0.3) is 0 Å². The number of carbonyl (C=O) groups excluding carboxylic acids is 1. The molecule has 104 valence electrons. The quantitative estimate of drug-likeness (QED) is 0.874. The van der Waals surface area contributed by atoms with Crippen LogP contribution in [0, 0.1) is 5.92 Å². The Bertz CT molecular complexity index is 469. The molecule has 19 heavy (non-hydrogen) atoms. The van der Waals surface area contributed by atoms with Crippen LogP contribution >= 0.6 is 11.6 Å². The van der Waals surface area contributed by atoms with Gasteiger partial charge in [0.05, 0.1) is 5.56 Å². The standard InChI is InChI=1S/C14H19ClN2O2/c1-9(16)10-4-6-17(7-5-10)14(19)12-3-2-11(15)8-13(12)18/h2-3,8-10,18H,4-7,16H2,1H3. The Hall–Kier alpha value is -1.26. The first-order chi connectivity index (χ1) is 8.99. The Morgan fingerprint density at radius 3 is 2.63 bits per heavy atom. The molecule has 1 fully saturated rings. The molecule has 0 aliphatic carbocycles. The van der Waals surface area contributed by atoms with Crippen molar-refractivity contribution in [3.05, 3.63) is 28.8 Å². The summed E-state index contributed by atoms with van der Waals surface area (Å²) in [6, 6.07) is 4.74. The number of piperidine rings is 1. The van der Waals surface area contributed by atoms with E-state index >= 15 is 0 Å². The second-order valence-corrected chi connectivity index (χ2v) is 5.59. The van der Waals surface area contributed by atoms with E-state index in [1.165, 1.54) is 6.07 Å². The summed E-state index contributed by atoms with van der Waals surface area (Å²) < 4.78 is 0. The van der Waals surface area contributed by atoms with E-state index < -0.39 is 0 Å². The second kappa shape index (κ2) is 5.80. The first kappa shape index (κ1) is 14.2. The second-order valence-electron chi connectivity index (χ2n) is 5.15. The molecule has 1 unspecified atom stereocenters. The average molecular weight is 283 g/mol. The van der Waals surface area contributed by atoms with E-state index in [1.54, 1.807) is 17.0 Å². The van der Waals surface area contributed by atoms with Gasteiger partial charge in [-0.1, -0.05) is 11.6 Å². The van der Waals surface area contributed by atoms with Crippen LogP contribution in [0.1, 0.15) is 30.1 Å². The zero-order valence-corrected chi connectivity index (χ0v) is 11.7. The van der Waals surface area contributed by atoms with Crippen LogP contribution in [0.4, 0.5) is 0 Å². The monoisotopic (exact) mass is 282 g/mol. The first-order valence-electron chi connectivity index (χ1n) is 6.52. The Morgan fingerprint density at radius 2 is 2.11 bits per heavy atom. The molecule has 0 aromatic heterocycles. The third-order valence-corrected chi connectivity index (χ3v) is 4.00. The average Bonchev–Trinajstić information content (AvgIpc) is 2.38. The third-order valence-electron chi connectivity index (χ3n) is 3.76. The minimum Gasteiger partial charge on any atom is -0.507 e. The van der Waals surface area contributed by atoms with Crippen molar-refractivity contribution in [1.29, 1.82) is 0 Å². The number of phenols is 1. The number of phenolic OH excluding ortho intramolecular Hbond substituents is 1. The normalized spacial score (nSPS) is 18.4. The van der Waals surface area contributed by atoms with E-state index in [0.29, 0.717) is 29.6 Å². The van der Waals surface area contributed by atoms with Crippen molar-refractivity contribution in [3.8, 4) is 5.75 Å². The van der Waals surface area contributed by atoms with Gasteiger partial charge in [0.2, 0.25) is 0 Å². The topological polar surface area (TPSA) is 66.6 Å². The molecule has 0 spiro atoms. The van der Waals surface area contributed by atoms with E-state index in [-0.39, 0.29) is 17.7 Å². The lowest BCUT2D eigenvalue weighted by atomic mass is 9.90. The van der Waals surface area contributed by atoms with Gasteiger partial charge < -0.3 is 15.7 Å². The fourth-order valence-electron chi connectivity index (χ4n) is 2.48. The highest BCUT2D eigenvalue weighted by Crippen LogP contribution is 2.26. The molecule has 1 saturated heterocycles. The number of nitrogens with two attached hydrogens (primary N) is 1. The van der Waals surface area contributed by atoms with Crippen molar-refractivity contribution in [2.75, 3.05) is 13.1 Å². The molecular weight excluding hydrogens is 264 g/mol. The molecule has 3 N–H and O–H groups in total. The molecule has 0 radical (unpaired) electrons. The number of hydrogen-bond donors (Lipinski definition) is 2. The predicted molar refractivity (Wildman–Crippen MR) is 75.4 cm³/mol. The third kappa shape index (κ3) is 3.19. The molecule has 1 aromatic rings. The van der Waals surface area contributed by atoms with Gasteiger partial charge in [0.15, 0.2) is 0 Å². The summed E-state index contributed by atoms with van der Waals surface area (Å²) in [5.41, 5.74) is 6.19. The number of halogens is 1. The Morgan fingerprint density at radius 1 is 1.47 bits per heavy atom. The van der Waals surface area contributed by atoms with Crippen LogP contribution < -0.4 is 5.73 Å². The van der Waals surface area contributed by atoms with Crippen molar-refractivity contribution in [2.45, 2.75) is 25.8 Å². The number of rotatable bonds is 2. The van der Waals surface area contributed by atoms with Crippen molar-refractivity contribution < 1.29 is 9.90 Å². The summed E-state index contributed by atoms with van der Waals surface area (Å²) in [5.74, 6) is 0.270. The minimum absolute atomic E-state index is 0.0631. The maximum Gasteiger partial charge on any atom is 0.257 e. The maximum atomic E-state index is 12.3. The van der Waals surface area contributed by atoms with Gasteiger partial charge in [-0.3, -0.25) is 4.79 Å². The van der Waals surface area contributed by atoms with Crippen molar-refractivity contribution in [2.24, 2.45) is 11.7 Å². The van der Waals surface area contributed by atoms with Gasteiger partial charge in [-0.15, -0.1) is 0 Å². The number of carbonyl (C=O) groups is 1. The largest absolute Gasteiger partial charge is 0.507 e. The minimum atomic E-state index is -0.141. The van der Waals surface area contributed by atoms with Gasteiger partial charge in [-0.2, -0.15) is 0 Å². The predicted octanol–water partition coefficient (Wildman–Crippen LogP) is 2.25. The molecule has 1 atom stereocenters. The Labute approximate surface area is 118 Å². The van der Waals surface area contributed by atoms with Crippen LogP contribution in [0.15, 0.2) is 18.2 Å². The zero-order chi connectivity index (χ0) is 14.0. The van der Waals surface area contributed by atoms with Crippen molar-refractivity contribution in [3.63, 3.8) is 0 Å². The Balaban J connectivity index is 2.05. The molecule has 0 bridgehead atoms. The van der Waals surface area contributed by atoms with E-state index in [9.17, 15) is 9.90 Å². The van der Waals surface area contributed by atoms with Gasteiger partial charge in [0.1, 0.15) is 5.75 Å². The number of aromatic hydroxyl groups is 1. The number of nitrogens with zero attached hydrogens (tertiary/aromatic N) is 1. The van der Waals surface area contributed by atoms with Crippen LogP contribution in [0.2, 0.25) is 5.02 Å². The van der Waals surface area contributed by atoms with Gasteiger partial charge >= 0.3 is 0 Å². The molecule has 4 nitrogen and oxygen atoms in total. The van der Waals surface area contributed by atoms with Crippen LogP contribution in [-0.2, 0) is 0 Å². The summed E-state index contributed by atoms with van der Waals surface area (Å²) in [6.45, 7) is 3.38. The molecule has 1 heterocycles. The number of hydrogen-bond acceptors (Lipinski definition) is 3. The molecule has 1 amide bonds. The lowest BCUT2D eigenvalue weighted by Gasteiger charge is -2.33. The molecule has 1 aromatic carbocycles.